The van der Waals surface area contributed by atoms with Gasteiger partial charge in [-0.3, -0.25) is 4.57 Å². The third-order valence-corrected chi connectivity index (χ3v) is 2.29. The van der Waals surface area contributed by atoms with Crippen molar-refractivity contribution in [3.8, 4) is 5.75 Å². The highest BCUT2D eigenvalue weighted by molar-refractivity contribution is 5.29. The number of nitrogens with zero attached hydrogens (tertiary/aromatic N) is 1. The number of hydrogen-bond acceptors (Lipinski definition) is 2. The van der Waals surface area contributed by atoms with Crippen LogP contribution < -0.4 is 10.4 Å². The van der Waals surface area contributed by atoms with Gasteiger partial charge in [-0.15, -0.1) is 0 Å². The molecule has 0 fully saturated rings. The summed E-state index contributed by atoms with van der Waals surface area (Å²) in [7, 11) is 1.41. The van der Waals surface area contributed by atoms with Crippen LogP contribution in [-0.4, -0.2) is 16.7 Å². The lowest BCUT2D eigenvalue weighted by Gasteiger charge is -2.05. The average molecular weight is 222 g/mol. The van der Waals surface area contributed by atoms with Crippen molar-refractivity contribution in [1.29, 1.82) is 0 Å². The minimum atomic E-state index is -0.427. The summed E-state index contributed by atoms with van der Waals surface area (Å²) < 4.78 is 19.6. The molecule has 84 valence electrons. The highest BCUT2D eigenvalue weighted by atomic mass is 19.1. The van der Waals surface area contributed by atoms with E-state index < -0.39 is 5.82 Å². The molecule has 0 spiro atoms. The molecule has 4 nitrogen and oxygen atoms in total. The van der Waals surface area contributed by atoms with Crippen molar-refractivity contribution in [2.24, 2.45) is 0 Å². The second-order valence-electron chi connectivity index (χ2n) is 3.36. The van der Waals surface area contributed by atoms with Crippen molar-refractivity contribution in [3.63, 3.8) is 0 Å². The van der Waals surface area contributed by atoms with Gasteiger partial charge in [-0.05, 0) is 17.7 Å². The zero-order valence-electron chi connectivity index (χ0n) is 8.74. The number of imidazole rings is 1. The Kier molecular flexibility index (Phi) is 2.76. The van der Waals surface area contributed by atoms with Gasteiger partial charge in [-0.1, -0.05) is 6.07 Å². The van der Waals surface area contributed by atoms with Gasteiger partial charge < -0.3 is 9.72 Å². The van der Waals surface area contributed by atoms with Gasteiger partial charge in [0.1, 0.15) is 0 Å². The van der Waals surface area contributed by atoms with E-state index in [0.717, 1.165) is 0 Å². The normalized spacial score (nSPS) is 10.4. The molecule has 0 saturated carbocycles. The minimum Gasteiger partial charge on any atom is -0.494 e. The molecule has 0 amide bonds. The predicted octanol–water partition coefficient (Wildman–Crippen LogP) is 1.37. The number of hydrogen-bond donors (Lipinski definition) is 1. The molecule has 1 heterocycles. The summed E-state index contributed by atoms with van der Waals surface area (Å²) in [4.78, 5) is 13.7. The Balaban J connectivity index is 2.26. The zero-order chi connectivity index (χ0) is 11.5. The predicted molar refractivity (Wildman–Crippen MR) is 57.1 cm³/mol. The molecule has 0 aliphatic rings. The second kappa shape index (κ2) is 4.22. The molecule has 0 aliphatic heterocycles. The Morgan fingerprint density at radius 2 is 2.31 bits per heavy atom. The Bertz CT molecular complexity index is 545. The largest absolute Gasteiger partial charge is 0.494 e. The van der Waals surface area contributed by atoms with E-state index in [0.29, 0.717) is 12.1 Å². The van der Waals surface area contributed by atoms with Crippen molar-refractivity contribution >= 4 is 0 Å². The van der Waals surface area contributed by atoms with Gasteiger partial charge in [0, 0.05) is 12.4 Å². The lowest BCUT2D eigenvalue weighted by atomic mass is 10.2. The van der Waals surface area contributed by atoms with E-state index in [1.165, 1.54) is 17.7 Å². The summed E-state index contributed by atoms with van der Waals surface area (Å²) in [5.74, 6) is -0.228. The van der Waals surface area contributed by atoms with E-state index >= 15 is 0 Å². The van der Waals surface area contributed by atoms with Gasteiger partial charge in [0.2, 0.25) is 0 Å². The Morgan fingerprint density at radius 3 is 2.88 bits per heavy atom. The van der Waals surface area contributed by atoms with E-state index in [-0.39, 0.29) is 11.4 Å². The van der Waals surface area contributed by atoms with Crippen molar-refractivity contribution in [3.05, 3.63) is 52.5 Å². The Labute approximate surface area is 91.3 Å². The van der Waals surface area contributed by atoms with Crippen molar-refractivity contribution in [2.75, 3.05) is 7.11 Å². The number of methoxy groups -OCH3 is 1. The van der Waals surface area contributed by atoms with E-state index in [4.69, 9.17) is 4.74 Å². The molecular weight excluding hydrogens is 211 g/mol. The quantitative estimate of drug-likeness (QED) is 0.852. The summed E-state index contributed by atoms with van der Waals surface area (Å²) in [6.45, 7) is 0.337. The highest BCUT2D eigenvalue weighted by Gasteiger charge is 2.04. The van der Waals surface area contributed by atoms with Crippen LogP contribution in [0.3, 0.4) is 0 Å². The van der Waals surface area contributed by atoms with Gasteiger partial charge in [-0.25, -0.2) is 9.18 Å². The molecular formula is C11H11FN2O2. The van der Waals surface area contributed by atoms with Gasteiger partial charge in [0.05, 0.1) is 13.7 Å². The molecule has 2 rings (SSSR count). The molecule has 1 aromatic carbocycles. The van der Waals surface area contributed by atoms with Crippen LogP contribution in [0.15, 0.2) is 35.4 Å². The first-order chi connectivity index (χ1) is 7.70. The Hall–Kier alpha value is -2.04. The monoisotopic (exact) mass is 222 g/mol. The number of aromatic nitrogens is 2. The fraction of sp³-hybridized carbons (Fsp3) is 0.182. The van der Waals surface area contributed by atoms with Gasteiger partial charge >= 0.3 is 5.69 Å². The van der Waals surface area contributed by atoms with Crippen LogP contribution in [0, 0.1) is 5.82 Å². The number of benzene rings is 1. The third-order valence-electron chi connectivity index (χ3n) is 2.29. The molecule has 16 heavy (non-hydrogen) atoms. The first kappa shape index (κ1) is 10.5. The Morgan fingerprint density at radius 1 is 1.50 bits per heavy atom. The fourth-order valence-corrected chi connectivity index (χ4v) is 1.48. The summed E-state index contributed by atoms with van der Waals surface area (Å²) in [5, 5.41) is 0. The SMILES string of the molecule is COc1ccc(Cn2cc[nH]c2=O)cc1F. The molecule has 5 heteroatoms. The smallest absolute Gasteiger partial charge is 0.325 e. The molecule has 1 aromatic heterocycles. The zero-order valence-corrected chi connectivity index (χ0v) is 8.74. The van der Waals surface area contributed by atoms with E-state index in [9.17, 15) is 9.18 Å². The van der Waals surface area contributed by atoms with Crippen LogP contribution in [0.5, 0.6) is 5.75 Å². The summed E-state index contributed by atoms with van der Waals surface area (Å²) in [6.07, 6.45) is 3.16. The second-order valence-corrected chi connectivity index (χ2v) is 3.36. The summed E-state index contributed by atoms with van der Waals surface area (Å²) in [6, 6.07) is 4.63. The molecule has 0 saturated heterocycles. The van der Waals surface area contributed by atoms with Crippen molar-refractivity contribution in [1.82, 2.24) is 9.55 Å². The van der Waals surface area contributed by atoms with Crippen molar-refractivity contribution in [2.45, 2.75) is 6.54 Å². The highest BCUT2D eigenvalue weighted by Crippen LogP contribution is 2.17. The summed E-state index contributed by atoms with van der Waals surface area (Å²) in [5.41, 5.74) is 0.497. The van der Waals surface area contributed by atoms with E-state index in [2.05, 4.69) is 4.98 Å². The lowest BCUT2D eigenvalue weighted by Crippen LogP contribution is -2.16. The van der Waals surface area contributed by atoms with Gasteiger partial charge in [0.25, 0.3) is 0 Å². The fourth-order valence-electron chi connectivity index (χ4n) is 1.48. The lowest BCUT2D eigenvalue weighted by molar-refractivity contribution is 0.386. The van der Waals surface area contributed by atoms with Crippen LogP contribution in [0.2, 0.25) is 0 Å². The molecule has 0 aliphatic carbocycles. The molecule has 1 N–H and O–H groups in total. The maximum absolute atomic E-state index is 13.4. The van der Waals surface area contributed by atoms with Crippen LogP contribution in [0.25, 0.3) is 0 Å². The number of ether oxygens (including phenoxy) is 1. The average Bonchev–Trinajstić information content (AvgIpc) is 2.65. The maximum atomic E-state index is 13.4. The van der Waals surface area contributed by atoms with Gasteiger partial charge in [-0.2, -0.15) is 0 Å². The topological polar surface area (TPSA) is 47.0 Å². The molecule has 0 unspecified atom stereocenters. The standard InChI is InChI=1S/C11H11FN2O2/c1-16-10-3-2-8(6-9(10)12)7-14-5-4-13-11(14)15/h2-6H,7H2,1H3,(H,13,15). The number of rotatable bonds is 3. The van der Waals surface area contributed by atoms with Crippen molar-refractivity contribution < 1.29 is 9.13 Å². The number of H-pyrrole nitrogens is 1. The van der Waals surface area contributed by atoms with E-state index in [1.54, 1.807) is 24.5 Å². The summed E-state index contributed by atoms with van der Waals surface area (Å²) >= 11 is 0. The first-order valence-electron chi connectivity index (χ1n) is 4.77. The van der Waals surface area contributed by atoms with Gasteiger partial charge in [0.15, 0.2) is 11.6 Å². The molecule has 2 aromatic rings. The molecule has 0 bridgehead atoms. The minimum absolute atomic E-state index is 0.199. The third kappa shape index (κ3) is 1.98. The number of aromatic amines is 1. The van der Waals surface area contributed by atoms with E-state index in [1.807, 2.05) is 0 Å². The number of halogens is 1. The van der Waals surface area contributed by atoms with Crippen LogP contribution in [-0.2, 0) is 6.54 Å². The first-order valence-corrected chi connectivity index (χ1v) is 4.77. The molecule has 0 radical (unpaired) electrons. The maximum Gasteiger partial charge on any atom is 0.325 e. The molecule has 0 atom stereocenters. The van der Waals surface area contributed by atoms with Crippen LogP contribution in [0.4, 0.5) is 4.39 Å². The van der Waals surface area contributed by atoms with Crippen LogP contribution in [0.1, 0.15) is 5.56 Å². The van der Waals surface area contributed by atoms with Crippen LogP contribution >= 0.6 is 0 Å². The number of nitrogens with one attached hydrogen (secondary N) is 1.